The van der Waals surface area contributed by atoms with Crippen molar-refractivity contribution < 1.29 is 72.6 Å². The Bertz CT molecular complexity index is 2800. The van der Waals surface area contributed by atoms with Gasteiger partial charge in [0.25, 0.3) is 5.56 Å². The van der Waals surface area contributed by atoms with Gasteiger partial charge in [0.2, 0.25) is 11.8 Å². The second-order valence-electron chi connectivity index (χ2n) is 18.5. The number of amides is 3. The van der Waals surface area contributed by atoms with Gasteiger partial charge >= 0.3 is 18.0 Å². The van der Waals surface area contributed by atoms with Crippen molar-refractivity contribution in [3.05, 3.63) is 105 Å². The van der Waals surface area contributed by atoms with Gasteiger partial charge in [0.05, 0.1) is 54.2 Å². The van der Waals surface area contributed by atoms with Crippen molar-refractivity contribution in [3.8, 4) is 11.4 Å². The minimum absolute atomic E-state index is 0.0231. The van der Waals surface area contributed by atoms with Crippen LogP contribution < -0.4 is 21.5 Å². The lowest BCUT2D eigenvalue weighted by Gasteiger charge is -2.29. The molecule has 79 heavy (non-hydrogen) atoms. The molecule has 23 heteroatoms. The van der Waals surface area contributed by atoms with E-state index in [4.69, 9.17) is 29.0 Å². The number of rotatable bonds is 18. The summed E-state index contributed by atoms with van der Waals surface area (Å²) < 4.78 is 22.1. The number of allylic oxidation sites excluding steroid dienone is 1. The molecular weight excluding hydrogens is 1030 g/mol. The summed E-state index contributed by atoms with van der Waals surface area (Å²) in [5.41, 5.74) is 5.32. The number of carboxylic acids is 1. The highest BCUT2D eigenvalue weighted by Crippen LogP contribution is 2.38. The summed E-state index contributed by atoms with van der Waals surface area (Å²) in [5.74, 6) is -1.95. The number of nitrogens with one attached hydrogen (secondary N) is 3. The molecule has 3 aliphatic heterocycles. The number of cyclic esters (lactones) is 1. The molecule has 5 heterocycles. The van der Waals surface area contributed by atoms with Crippen LogP contribution in [0.1, 0.15) is 88.3 Å². The van der Waals surface area contributed by atoms with Gasteiger partial charge in [-0.1, -0.05) is 58.0 Å². The first-order valence-corrected chi connectivity index (χ1v) is 25.7. The zero-order valence-corrected chi connectivity index (χ0v) is 46.4. The predicted molar refractivity (Wildman–Crippen MR) is 293 cm³/mol. The molecule has 430 valence electrons. The number of hydrogen-bond donors (Lipinski definition) is 6. The Labute approximate surface area is 459 Å². The number of anilines is 1. The van der Waals surface area contributed by atoms with Crippen molar-refractivity contribution in [1.29, 1.82) is 0 Å². The molecule has 0 aliphatic carbocycles. The molecule has 6 N–H and O–H groups in total. The number of fused-ring (bicyclic) bond motifs is 5. The molecule has 5 atom stereocenters. The van der Waals surface area contributed by atoms with E-state index in [1.165, 1.54) is 19.1 Å². The SMILES string of the molecule is CC.CN(CC=O)C(=O)/C=C\C=O.CNC(C=O)C(C)C.CNCC(=O)Nc1ccc(COC(=O)N(CCc2c3c(nc4ccccc24)-c2cc4c(c(=O)n2C3)COC(=O)C4O)C(C)C)cc1.COC1CC(O)CC(C(=O)O)O1. The van der Waals surface area contributed by atoms with Gasteiger partial charge in [-0.15, -0.1) is 0 Å². The number of nitrogens with zero attached hydrogens (tertiary/aromatic N) is 4. The van der Waals surface area contributed by atoms with E-state index >= 15 is 0 Å². The second-order valence-corrected chi connectivity index (χ2v) is 18.5. The largest absolute Gasteiger partial charge is 0.479 e. The number of aldehydes is 3. The number of aliphatic hydroxyl groups excluding tert-OH is 2. The third kappa shape index (κ3) is 18.8. The first-order chi connectivity index (χ1) is 37.7. The van der Waals surface area contributed by atoms with E-state index in [1.807, 2.05) is 65.8 Å². The van der Waals surface area contributed by atoms with Crippen LogP contribution in [0.5, 0.6) is 0 Å². The number of carboxylic acid groups (broad SMARTS) is 1. The number of pyridine rings is 2. The third-order valence-electron chi connectivity index (χ3n) is 12.4. The first kappa shape index (κ1) is 65.7. The normalized spacial score (nSPS) is 17.0. The maximum atomic E-state index is 13.5. The summed E-state index contributed by atoms with van der Waals surface area (Å²) in [4.78, 5) is 109. The summed E-state index contributed by atoms with van der Waals surface area (Å²) in [7, 11) is 6.39. The number of aromatic nitrogens is 2. The number of hydrogen-bond acceptors (Lipinski definition) is 18. The molecule has 0 spiro atoms. The Morgan fingerprint density at radius 2 is 1.65 bits per heavy atom. The Morgan fingerprint density at radius 1 is 0.962 bits per heavy atom. The summed E-state index contributed by atoms with van der Waals surface area (Å²) in [6.45, 7) is 12.6. The quantitative estimate of drug-likeness (QED) is 0.0414. The number of likely N-dealkylation sites (N-methyl/N-ethyl adjacent to an activating group) is 3. The second kappa shape index (κ2) is 33.0. The van der Waals surface area contributed by atoms with Crippen molar-refractivity contribution in [3.63, 3.8) is 0 Å². The average Bonchev–Trinajstić information content (AvgIpc) is 3.89. The van der Waals surface area contributed by atoms with Crippen molar-refractivity contribution in [2.24, 2.45) is 5.92 Å². The van der Waals surface area contributed by atoms with Crippen LogP contribution in [0.4, 0.5) is 10.5 Å². The van der Waals surface area contributed by atoms with Crippen LogP contribution in [0.3, 0.4) is 0 Å². The van der Waals surface area contributed by atoms with Gasteiger partial charge in [-0.2, -0.15) is 0 Å². The fourth-order valence-electron chi connectivity index (χ4n) is 8.20. The third-order valence-corrected chi connectivity index (χ3v) is 12.4. The maximum absolute atomic E-state index is 13.5. The fourth-order valence-corrected chi connectivity index (χ4v) is 8.20. The Morgan fingerprint density at radius 3 is 2.22 bits per heavy atom. The molecule has 2 aromatic carbocycles. The van der Waals surface area contributed by atoms with Crippen molar-refractivity contribution in [1.82, 2.24) is 30.0 Å². The molecule has 5 unspecified atom stereocenters. The van der Waals surface area contributed by atoms with Crippen LogP contribution in [0.25, 0.3) is 22.3 Å². The van der Waals surface area contributed by atoms with E-state index in [1.54, 1.807) is 53.9 Å². The fraction of sp³-hybridized carbons (Fsp3) is 0.464. The van der Waals surface area contributed by atoms with Gasteiger partial charge < -0.3 is 74.2 Å². The minimum Gasteiger partial charge on any atom is -0.479 e. The number of para-hydroxylation sites is 1. The van der Waals surface area contributed by atoms with Gasteiger partial charge in [-0.05, 0) is 81.7 Å². The number of methoxy groups -OCH3 is 1. The Kier molecular flexibility index (Phi) is 27.5. The molecule has 7 rings (SSSR count). The van der Waals surface area contributed by atoms with E-state index in [0.29, 0.717) is 55.0 Å². The van der Waals surface area contributed by atoms with Crippen molar-refractivity contribution in [2.75, 3.05) is 53.2 Å². The Balaban J connectivity index is 0.000000402. The standard InChI is InChI=1S/C34H35N5O7.C7H9NO3.C7H12O5.C6H13NO.C2H6/c1-19(2)38(34(44)46-17-20-8-10-21(11-9-20)36-29(40)15-35-3)13-12-22-23-6-4-5-7-27(23)37-30-25(22)16-39-28(30)14-24-26(32(39)42)18-45-33(43)31(24)41;1-8(4-6-10)7(11)3-2-5-9;1-11-6-3-4(8)2-5(12-6)7(9)10;1-5(2)6(4-8)7-3;1-2/h4-11,14,19,31,35,41H,12-13,15-18H2,1-3H3,(H,36,40);2-3,5-6H,4H2,1H3;4-6,8H,2-3H2,1H3,(H,9,10);4-7H,1-3H3;1-2H3/b;3-2-;;;. The number of aliphatic hydroxyl groups is 2. The van der Waals surface area contributed by atoms with Crippen LogP contribution in [-0.4, -0.2) is 162 Å². The highest BCUT2D eigenvalue weighted by molar-refractivity contribution is 5.93. The molecule has 1 saturated heterocycles. The zero-order chi connectivity index (χ0) is 58.9. The number of carbonyl (C=O) groups excluding carboxylic acids is 7. The first-order valence-electron chi connectivity index (χ1n) is 25.7. The number of carbonyl (C=O) groups is 8. The molecule has 3 amide bonds. The molecular formula is C56H75N7O16. The molecule has 0 radical (unpaired) electrons. The van der Waals surface area contributed by atoms with E-state index in [-0.39, 0.29) is 79.9 Å². The molecule has 1 fully saturated rings. The van der Waals surface area contributed by atoms with Gasteiger partial charge in [-0.25, -0.2) is 19.4 Å². The summed E-state index contributed by atoms with van der Waals surface area (Å²) in [6.07, 6.45) is 1.02. The van der Waals surface area contributed by atoms with Crippen molar-refractivity contribution in [2.45, 2.75) is 117 Å². The molecule has 0 saturated carbocycles. The topological polar surface area (TPSA) is 312 Å². The van der Waals surface area contributed by atoms with Crippen LogP contribution in [0.15, 0.2) is 71.5 Å². The highest BCUT2D eigenvalue weighted by atomic mass is 16.7. The minimum atomic E-state index is -1.53. The number of esters is 1. The monoisotopic (exact) mass is 1100 g/mol. The van der Waals surface area contributed by atoms with E-state index < -0.39 is 42.6 Å². The lowest BCUT2D eigenvalue weighted by Crippen LogP contribution is -2.40. The molecule has 0 bridgehead atoms. The lowest BCUT2D eigenvalue weighted by molar-refractivity contribution is -0.213. The van der Waals surface area contributed by atoms with Crippen LogP contribution in [-0.2, 0) is 78.7 Å². The average molecular weight is 1100 g/mol. The van der Waals surface area contributed by atoms with Crippen LogP contribution in [0, 0.1) is 5.92 Å². The summed E-state index contributed by atoms with van der Waals surface area (Å²) in [5, 5.41) is 37.7. The Hall–Kier alpha value is -7.54. The van der Waals surface area contributed by atoms with Gasteiger partial charge in [0.1, 0.15) is 32.1 Å². The van der Waals surface area contributed by atoms with Crippen LogP contribution in [0.2, 0.25) is 0 Å². The number of benzene rings is 2. The molecule has 3 aliphatic rings. The molecule has 4 aromatic rings. The number of aliphatic carboxylic acids is 1. The summed E-state index contributed by atoms with van der Waals surface area (Å²) >= 11 is 0. The molecule has 23 nitrogen and oxygen atoms in total. The van der Waals surface area contributed by atoms with E-state index in [0.717, 1.165) is 46.0 Å². The maximum Gasteiger partial charge on any atom is 0.410 e. The van der Waals surface area contributed by atoms with Gasteiger partial charge in [-0.3, -0.25) is 19.2 Å². The predicted octanol–water partition coefficient (Wildman–Crippen LogP) is 3.70. The van der Waals surface area contributed by atoms with Crippen molar-refractivity contribution >= 4 is 65.3 Å². The van der Waals surface area contributed by atoms with Crippen LogP contribution >= 0.6 is 0 Å². The molecule has 2 aromatic heterocycles. The lowest BCUT2D eigenvalue weighted by atomic mass is 9.97. The zero-order valence-electron chi connectivity index (χ0n) is 46.4. The van der Waals surface area contributed by atoms with Gasteiger partial charge in [0.15, 0.2) is 18.5 Å². The van der Waals surface area contributed by atoms with Gasteiger partial charge in [0, 0.05) is 67.9 Å². The smallest absolute Gasteiger partial charge is 0.410 e. The highest BCUT2D eigenvalue weighted by Gasteiger charge is 2.35. The van der Waals surface area contributed by atoms with E-state index in [2.05, 4.69) is 16.0 Å². The summed E-state index contributed by atoms with van der Waals surface area (Å²) in [6, 6.07) is 16.4. The number of ether oxygens (including phenoxy) is 4. The van der Waals surface area contributed by atoms with E-state index in [9.17, 15) is 53.4 Å².